The molecular formula is C22H31NO3. The highest BCUT2D eigenvalue weighted by molar-refractivity contribution is 5.71. The van der Waals surface area contributed by atoms with E-state index >= 15 is 0 Å². The first-order chi connectivity index (χ1) is 12.5. The number of likely N-dealkylation sites (tertiary alicyclic amines) is 1. The van der Waals surface area contributed by atoms with E-state index < -0.39 is 5.97 Å². The first-order valence-corrected chi connectivity index (χ1v) is 9.87. The van der Waals surface area contributed by atoms with Crippen LogP contribution >= 0.6 is 0 Å². The van der Waals surface area contributed by atoms with Crippen LogP contribution in [0.4, 0.5) is 0 Å². The van der Waals surface area contributed by atoms with Crippen LogP contribution in [0.1, 0.15) is 44.7 Å². The summed E-state index contributed by atoms with van der Waals surface area (Å²) in [7, 11) is 0. The van der Waals surface area contributed by atoms with Crippen LogP contribution in [0.2, 0.25) is 0 Å². The molecule has 1 aliphatic carbocycles. The van der Waals surface area contributed by atoms with E-state index in [1.165, 1.54) is 23.1 Å². The minimum atomic E-state index is -0.668. The van der Waals surface area contributed by atoms with Gasteiger partial charge in [-0.2, -0.15) is 0 Å². The fourth-order valence-corrected chi connectivity index (χ4v) is 3.69. The largest absolute Gasteiger partial charge is 0.494 e. The molecule has 2 aliphatic rings. The van der Waals surface area contributed by atoms with Crippen molar-refractivity contribution in [2.45, 2.75) is 40.0 Å². The summed E-state index contributed by atoms with van der Waals surface area (Å²) in [6.07, 6.45) is 5.62. The highest BCUT2D eigenvalue weighted by Gasteiger charge is 2.33. The van der Waals surface area contributed by atoms with Crippen molar-refractivity contribution in [3.63, 3.8) is 0 Å². The quantitative estimate of drug-likeness (QED) is 0.761. The number of carboxylic acids is 1. The highest BCUT2D eigenvalue weighted by atomic mass is 16.5. The van der Waals surface area contributed by atoms with E-state index in [1.807, 2.05) is 0 Å². The van der Waals surface area contributed by atoms with Gasteiger partial charge in [0.05, 0.1) is 12.5 Å². The maximum absolute atomic E-state index is 11.0. The van der Waals surface area contributed by atoms with E-state index in [4.69, 9.17) is 9.84 Å². The van der Waals surface area contributed by atoms with Crippen molar-refractivity contribution in [3.8, 4) is 5.75 Å². The van der Waals surface area contributed by atoms with Crippen molar-refractivity contribution < 1.29 is 14.6 Å². The third-order valence-electron chi connectivity index (χ3n) is 5.90. The second kappa shape index (κ2) is 8.26. The molecule has 3 rings (SSSR count). The molecule has 4 heteroatoms. The monoisotopic (exact) mass is 357 g/mol. The topological polar surface area (TPSA) is 49.8 Å². The predicted molar refractivity (Wildman–Crippen MR) is 104 cm³/mol. The SMILES string of the molecule is CCC(C)CCOc1ccc2c(c1)C[C@H](C)C(CN1CC(C(=O)O)C1)=C2. The lowest BCUT2D eigenvalue weighted by molar-refractivity contribution is -0.147. The van der Waals surface area contributed by atoms with Crippen molar-refractivity contribution in [2.75, 3.05) is 26.2 Å². The Kier molecular flexibility index (Phi) is 6.02. The number of carbonyl (C=O) groups is 1. The van der Waals surface area contributed by atoms with Crippen molar-refractivity contribution in [1.29, 1.82) is 0 Å². The number of hydrogen-bond acceptors (Lipinski definition) is 3. The van der Waals surface area contributed by atoms with Gasteiger partial charge in [-0.25, -0.2) is 0 Å². The number of hydrogen-bond donors (Lipinski definition) is 1. The van der Waals surface area contributed by atoms with Gasteiger partial charge in [-0.3, -0.25) is 9.69 Å². The normalized spacial score (nSPS) is 21.5. The fourth-order valence-electron chi connectivity index (χ4n) is 3.69. The summed E-state index contributed by atoms with van der Waals surface area (Å²) in [6.45, 7) is 9.77. The Morgan fingerprint density at radius 1 is 1.38 bits per heavy atom. The van der Waals surface area contributed by atoms with Gasteiger partial charge in [0.1, 0.15) is 5.75 Å². The molecule has 1 unspecified atom stereocenters. The van der Waals surface area contributed by atoms with Crippen LogP contribution < -0.4 is 4.74 Å². The molecule has 4 nitrogen and oxygen atoms in total. The van der Waals surface area contributed by atoms with Gasteiger partial charge in [0.15, 0.2) is 0 Å². The van der Waals surface area contributed by atoms with Crippen LogP contribution in [0.25, 0.3) is 6.08 Å². The van der Waals surface area contributed by atoms with Crippen LogP contribution in [0, 0.1) is 17.8 Å². The molecule has 0 amide bonds. The smallest absolute Gasteiger partial charge is 0.309 e. The molecular weight excluding hydrogens is 326 g/mol. The maximum atomic E-state index is 11.0. The summed E-state index contributed by atoms with van der Waals surface area (Å²) in [5.74, 6) is 1.32. The van der Waals surface area contributed by atoms with Crippen LogP contribution in [0.5, 0.6) is 5.75 Å². The summed E-state index contributed by atoms with van der Waals surface area (Å²) in [6, 6.07) is 6.43. The van der Waals surface area contributed by atoms with E-state index in [9.17, 15) is 4.79 Å². The fraction of sp³-hybridized carbons (Fsp3) is 0.591. The second-order valence-electron chi connectivity index (χ2n) is 8.06. The second-order valence-corrected chi connectivity index (χ2v) is 8.06. The minimum Gasteiger partial charge on any atom is -0.494 e. The summed E-state index contributed by atoms with van der Waals surface area (Å²) in [4.78, 5) is 13.2. The Labute approximate surface area is 156 Å². The van der Waals surface area contributed by atoms with Crippen molar-refractivity contribution in [2.24, 2.45) is 17.8 Å². The van der Waals surface area contributed by atoms with Gasteiger partial charge in [-0.1, -0.05) is 44.9 Å². The lowest BCUT2D eigenvalue weighted by Crippen LogP contribution is -2.51. The molecule has 0 spiro atoms. The first kappa shape index (κ1) is 19.0. The van der Waals surface area contributed by atoms with Crippen LogP contribution in [-0.4, -0.2) is 42.2 Å². The van der Waals surface area contributed by atoms with E-state index in [-0.39, 0.29) is 5.92 Å². The molecule has 1 aliphatic heterocycles. The molecule has 1 N–H and O–H groups in total. The Morgan fingerprint density at radius 3 is 2.85 bits per heavy atom. The lowest BCUT2D eigenvalue weighted by atomic mass is 9.83. The van der Waals surface area contributed by atoms with E-state index in [1.54, 1.807) is 0 Å². The molecule has 0 radical (unpaired) electrons. The van der Waals surface area contributed by atoms with E-state index in [0.29, 0.717) is 24.9 Å². The molecule has 1 fully saturated rings. The summed E-state index contributed by atoms with van der Waals surface area (Å²) < 4.78 is 5.95. The summed E-state index contributed by atoms with van der Waals surface area (Å²) in [5.41, 5.74) is 4.05. The number of ether oxygens (including phenoxy) is 1. The minimum absolute atomic E-state index is 0.183. The van der Waals surface area contributed by atoms with Gasteiger partial charge >= 0.3 is 5.97 Å². The third-order valence-corrected chi connectivity index (χ3v) is 5.90. The van der Waals surface area contributed by atoms with Gasteiger partial charge in [-0.15, -0.1) is 0 Å². The Balaban J connectivity index is 1.59. The number of nitrogens with zero attached hydrogens (tertiary/aromatic N) is 1. The Hall–Kier alpha value is -1.81. The first-order valence-electron chi connectivity index (χ1n) is 9.87. The number of benzene rings is 1. The highest BCUT2D eigenvalue weighted by Crippen LogP contribution is 2.32. The Morgan fingerprint density at radius 2 is 2.15 bits per heavy atom. The molecule has 0 aromatic heterocycles. The van der Waals surface area contributed by atoms with Gasteiger partial charge in [0, 0.05) is 19.6 Å². The molecule has 26 heavy (non-hydrogen) atoms. The number of rotatable bonds is 8. The predicted octanol–water partition coefficient (Wildman–Crippen LogP) is 4.09. The third kappa shape index (κ3) is 4.47. The average Bonchev–Trinajstić information content (AvgIpc) is 2.57. The number of fused-ring (bicyclic) bond motifs is 1. The summed E-state index contributed by atoms with van der Waals surface area (Å²) >= 11 is 0. The van der Waals surface area contributed by atoms with Gasteiger partial charge in [0.2, 0.25) is 0 Å². The standard InChI is InChI=1S/C22H31NO3/c1-4-15(2)7-8-26-21-6-5-17-10-19(16(3)9-18(17)11-21)12-23-13-20(14-23)22(24)25/h5-6,10-11,15-16,20H,4,7-9,12-14H2,1-3H3,(H,24,25)/t15?,16-/m0/s1. The molecule has 1 heterocycles. The molecule has 0 bridgehead atoms. The van der Waals surface area contributed by atoms with Crippen molar-refractivity contribution >= 4 is 12.0 Å². The van der Waals surface area contributed by atoms with Crippen LogP contribution in [-0.2, 0) is 11.2 Å². The number of carboxylic acid groups (broad SMARTS) is 1. The van der Waals surface area contributed by atoms with E-state index in [0.717, 1.165) is 31.7 Å². The van der Waals surface area contributed by atoms with Crippen molar-refractivity contribution in [1.82, 2.24) is 4.90 Å². The van der Waals surface area contributed by atoms with Gasteiger partial charge in [-0.05, 0) is 47.9 Å². The van der Waals surface area contributed by atoms with Gasteiger partial charge in [0.25, 0.3) is 0 Å². The van der Waals surface area contributed by atoms with Crippen LogP contribution in [0.3, 0.4) is 0 Å². The maximum Gasteiger partial charge on any atom is 0.309 e. The lowest BCUT2D eigenvalue weighted by Gasteiger charge is -2.38. The van der Waals surface area contributed by atoms with Gasteiger partial charge < -0.3 is 9.84 Å². The average molecular weight is 357 g/mol. The van der Waals surface area contributed by atoms with Crippen molar-refractivity contribution in [3.05, 3.63) is 34.9 Å². The zero-order valence-electron chi connectivity index (χ0n) is 16.2. The molecule has 1 saturated heterocycles. The zero-order valence-corrected chi connectivity index (χ0v) is 16.2. The molecule has 0 saturated carbocycles. The molecule has 1 aromatic carbocycles. The van der Waals surface area contributed by atoms with E-state index in [2.05, 4.69) is 49.9 Å². The number of aliphatic carboxylic acids is 1. The molecule has 142 valence electrons. The summed E-state index contributed by atoms with van der Waals surface area (Å²) in [5, 5.41) is 9.02. The molecule has 2 atom stereocenters. The Bertz CT molecular complexity index is 676. The zero-order chi connectivity index (χ0) is 18.7. The molecule has 1 aromatic rings. The van der Waals surface area contributed by atoms with Crippen LogP contribution in [0.15, 0.2) is 23.8 Å².